The molecule has 2 aromatic heterocycles. The van der Waals surface area contributed by atoms with E-state index in [1.54, 1.807) is 72.2 Å². The first kappa shape index (κ1) is 34.4. The molecule has 1 saturated heterocycles. The van der Waals surface area contributed by atoms with E-state index in [0.29, 0.717) is 33.9 Å². The summed E-state index contributed by atoms with van der Waals surface area (Å²) in [6, 6.07) is 33.6. The average Bonchev–Trinajstić information content (AvgIpc) is 3.86. The topological polar surface area (TPSA) is 147 Å². The van der Waals surface area contributed by atoms with Crippen LogP contribution in [0.25, 0.3) is 22.3 Å². The van der Waals surface area contributed by atoms with E-state index in [0.717, 1.165) is 0 Å². The third kappa shape index (κ3) is 6.61. The lowest BCUT2D eigenvalue weighted by Crippen LogP contribution is -2.46. The van der Waals surface area contributed by atoms with Gasteiger partial charge in [0.2, 0.25) is 0 Å². The van der Waals surface area contributed by atoms with Crippen LogP contribution in [0.4, 0.5) is 5.82 Å². The first-order chi connectivity index (χ1) is 25.9. The largest absolute Gasteiger partial charge is 0.451 e. The molecule has 266 valence electrons. The van der Waals surface area contributed by atoms with Crippen molar-refractivity contribution in [3.05, 3.63) is 142 Å². The average molecular weight is 821 g/mol. The summed E-state index contributed by atoms with van der Waals surface area (Å²) in [5, 5.41) is 6.28. The lowest BCUT2D eigenvalue weighted by Gasteiger charge is -2.24. The van der Waals surface area contributed by atoms with E-state index in [9.17, 15) is 14.4 Å². The Morgan fingerprint density at radius 1 is 0.774 bits per heavy atom. The zero-order valence-electron chi connectivity index (χ0n) is 28.4. The van der Waals surface area contributed by atoms with E-state index in [1.807, 2.05) is 46.9 Å². The predicted molar refractivity (Wildman–Crippen MR) is 204 cm³/mol. The number of hydrogen-bond donors (Lipinski definition) is 2. The fourth-order valence-electron chi connectivity index (χ4n) is 7.01. The highest BCUT2D eigenvalue weighted by Gasteiger charge is 2.54. The Hall–Kier alpha value is -5.67. The van der Waals surface area contributed by atoms with Crippen molar-refractivity contribution >= 4 is 57.4 Å². The molecule has 1 fully saturated rings. The SMILES string of the molecule is CCNC(=O)C1OC(n2cnc3c(NCC4c5ccccc5-c5ccccc54)nc(I)nc32)C(OC(=O)c2ccccc2)C1OC(=O)c1ccccc1. The molecule has 3 heterocycles. The van der Waals surface area contributed by atoms with Gasteiger partial charge in [-0.2, -0.15) is 0 Å². The minimum atomic E-state index is -1.33. The van der Waals surface area contributed by atoms with E-state index in [2.05, 4.69) is 34.9 Å². The number of aromatic nitrogens is 4. The molecule has 1 aliphatic carbocycles. The lowest BCUT2D eigenvalue weighted by molar-refractivity contribution is -0.137. The van der Waals surface area contributed by atoms with Gasteiger partial charge in [-0.3, -0.25) is 9.36 Å². The number of likely N-dealkylation sites (N-methyl/N-ethyl adjacent to an activating group) is 1. The lowest BCUT2D eigenvalue weighted by atomic mass is 9.97. The van der Waals surface area contributed by atoms with Gasteiger partial charge in [0, 0.05) is 41.6 Å². The number of carbonyl (C=O) groups excluding carboxylic acids is 3. The Bertz CT molecular complexity index is 2270. The van der Waals surface area contributed by atoms with Crippen molar-refractivity contribution in [3.63, 3.8) is 0 Å². The predicted octanol–water partition coefficient (Wildman–Crippen LogP) is 6.14. The maximum absolute atomic E-state index is 13.6. The Labute approximate surface area is 318 Å². The number of carbonyl (C=O) groups is 3. The second-order valence-electron chi connectivity index (χ2n) is 12.6. The summed E-state index contributed by atoms with van der Waals surface area (Å²) in [6.45, 7) is 2.60. The van der Waals surface area contributed by atoms with Crippen molar-refractivity contribution in [2.45, 2.75) is 37.4 Å². The molecule has 8 rings (SSSR count). The maximum Gasteiger partial charge on any atom is 0.338 e. The van der Waals surface area contributed by atoms with Crippen LogP contribution in [-0.4, -0.2) is 68.8 Å². The first-order valence-electron chi connectivity index (χ1n) is 17.2. The molecule has 4 atom stereocenters. The van der Waals surface area contributed by atoms with E-state index < -0.39 is 42.4 Å². The standard InChI is InChI=1S/C40H33IN6O6/c1-2-42-36(48)32-31(52-38(49)23-13-5-3-6-14-23)33(53-39(50)24-15-7-4-8-16-24)37(51-32)47-22-44-30-34(45-40(41)46-35(30)47)43-21-29-27-19-11-9-17-25(27)26-18-10-12-20-28(26)29/h3-20,22,29,31-33,37H,2,21H2,1H3,(H,42,48)(H,43,45,46). The molecular weight excluding hydrogens is 787 g/mol. The number of fused-ring (bicyclic) bond motifs is 4. The summed E-state index contributed by atoms with van der Waals surface area (Å²) >= 11 is 2.04. The maximum atomic E-state index is 13.6. The van der Waals surface area contributed by atoms with Crippen LogP contribution in [0, 0.1) is 3.83 Å². The summed E-state index contributed by atoms with van der Waals surface area (Å²) in [4.78, 5) is 54.7. The van der Waals surface area contributed by atoms with Crippen LogP contribution in [0.1, 0.15) is 50.9 Å². The number of nitrogens with zero attached hydrogens (tertiary/aromatic N) is 4. The molecule has 4 aromatic carbocycles. The number of amides is 1. The van der Waals surface area contributed by atoms with Crippen molar-refractivity contribution in [1.29, 1.82) is 0 Å². The Balaban J connectivity index is 1.16. The molecule has 4 unspecified atom stereocenters. The number of esters is 2. The van der Waals surface area contributed by atoms with E-state index in [-0.39, 0.29) is 17.0 Å². The molecule has 0 saturated carbocycles. The highest BCUT2D eigenvalue weighted by Crippen LogP contribution is 2.45. The van der Waals surface area contributed by atoms with Crippen LogP contribution >= 0.6 is 22.6 Å². The van der Waals surface area contributed by atoms with Crippen molar-refractivity contribution in [3.8, 4) is 11.1 Å². The van der Waals surface area contributed by atoms with Gasteiger partial charge in [0.1, 0.15) is 0 Å². The smallest absolute Gasteiger partial charge is 0.338 e. The van der Waals surface area contributed by atoms with Gasteiger partial charge in [-0.05, 0) is 53.4 Å². The van der Waals surface area contributed by atoms with Gasteiger partial charge >= 0.3 is 11.9 Å². The third-order valence-corrected chi connectivity index (χ3v) is 9.89. The highest BCUT2D eigenvalue weighted by molar-refractivity contribution is 14.1. The summed E-state index contributed by atoms with van der Waals surface area (Å²) in [5.41, 5.74) is 6.21. The van der Waals surface area contributed by atoms with Crippen molar-refractivity contribution < 1.29 is 28.6 Å². The first-order valence-corrected chi connectivity index (χ1v) is 18.3. The molecule has 0 spiro atoms. The quantitative estimate of drug-likeness (QED) is 0.0939. The van der Waals surface area contributed by atoms with Crippen LogP contribution in [0.5, 0.6) is 0 Å². The molecule has 53 heavy (non-hydrogen) atoms. The number of anilines is 1. The van der Waals surface area contributed by atoms with Crippen LogP contribution in [0.3, 0.4) is 0 Å². The van der Waals surface area contributed by atoms with Crippen molar-refractivity contribution in [2.24, 2.45) is 0 Å². The Kier molecular flexibility index (Phi) is 9.58. The highest BCUT2D eigenvalue weighted by atomic mass is 127. The number of halogens is 1. The number of hydrogen-bond acceptors (Lipinski definition) is 10. The summed E-state index contributed by atoms with van der Waals surface area (Å²) in [7, 11) is 0. The van der Waals surface area contributed by atoms with E-state index in [4.69, 9.17) is 29.2 Å². The van der Waals surface area contributed by atoms with Crippen LogP contribution in [0.15, 0.2) is 116 Å². The van der Waals surface area contributed by atoms with E-state index in [1.165, 1.54) is 28.6 Å². The van der Waals surface area contributed by atoms with E-state index >= 15 is 0 Å². The Morgan fingerprint density at radius 3 is 1.94 bits per heavy atom. The second-order valence-corrected chi connectivity index (χ2v) is 13.6. The van der Waals surface area contributed by atoms with Crippen molar-refractivity contribution in [2.75, 3.05) is 18.4 Å². The molecule has 2 N–H and O–H groups in total. The van der Waals surface area contributed by atoms with Gasteiger partial charge in [-0.15, -0.1) is 0 Å². The molecule has 13 heteroatoms. The summed E-state index contributed by atoms with van der Waals surface area (Å²) in [6.07, 6.45) is -3.60. The molecule has 6 aromatic rings. The minimum absolute atomic E-state index is 0.0741. The van der Waals surface area contributed by atoms with Gasteiger partial charge in [0.25, 0.3) is 5.91 Å². The fourth-order valence-corrected chi connectivity index (χ4v) is 7.48. The molecule has 12 nitrogen and oxygen atoms in total. The van der Waals surface area contributed by atoms with Crippen molar-refractivity contribution in [1.82, 2.24) is 24.8 Å². The van der Waals surface area contributed by atoms with Gasteiger partial charge in [-0.25, -0.2) is 24.5 Å². The number of nitrogens with one attached hydrogen (secondary N) is 2. The minimum Gasteiger partial charge on any atom is -0.451 e. The van der Waals surface area contributed by atoms with Gasteiger partial charge in [-0.1, -0.05) is 84.9 Å². The number of rotatable bonds is 10. The number of benzene rings is 4. The molecule has 0 bridgehead atoms. The summed E-state index contributed by atoms with van der Waals surface area (Å²) < 4.78 is 20.5. The zero-order chi connectivity index (χ0) is 36.5. The van der Waals surface area contributed by atoms with Crippen LogP contribution in [-0.2, 0) is 19.0 Å². The van der Waals surface area contributed by atoms with Gasteiger partial charge < -0.3 is 24.8 Å². The number of ether oxygens (including phenoxy) is 3. The molecular formula is C40H33IN6O6. The third-order valence-electron chi connectivity index (χ3n) is 9.41. The monoisotopic (exact) mass is 820 g/mol. The van der Waals surface area contributed by atoms with Gasteiger partial charge in [0.05, 0.1) is 17.5 Å². The Morgan fingerprint density at radius 2 is 1.34 bits per heavy atom. The zero-order valence-corrected chi connectivity index (χ0v) is 30.5. The molecule has 0 radical (unpaired) electrons. The molecule has 1 amide bonds. The fraction of sp³-hybridized carbons (Fsp3) is 0.200. The van der Waals surface area contributed by atoms with Gasteiger partial charge in [0.15, 0.2) is 45.4 Å². The molecule has 1 aliphatic heterocycles. The van der Waals surface area contributed by atoms with Crippen LogP contribution in [0.2, 0.25) is 0 Å². The number of imidazole rings is 1. The molecule has 2 aliphatic rings. The normalized spacial score (nSPS) is 19.0. The van der Waals surface area contributed by atoms with Crippen LogP contribution < -0.4 is 10.6 Å². The summed E-state index contributed by atoms with van der Waals surface area (Å²) in [5.74, 6) is -1.35. The second kappa shape index (κ2) is 14.8.